The largest absolute Gasteiger partial charge is 0.472 e. The van der Waals surface area contributed by atoms with E-state index >= 15 is 0 Å². The molecule has 1 atom stereocenters. The van der Waals surface area contributed by atoms with Crippen molar-refractivity contribution >= 4 is 0 Å². The standard InChI is InChI=1S/C11H17NO2/c1-11(13)4-2-5-12(9-11)7-10-3-6-14-8-10/h3,6,8,13H,2,4-5,7,9H2,1H3. The van der Waals surface area contributed by atoms with Crippen molar-refractivity contribution in [2.75, 3.05) is 13.1 Å². The van der Waals surface area contributed by atoms with E-state index in [1.165, 1.54) is 5.56 Å². The molecule has 0 amide bonds. The van der Waals surface area contributed by atoms with Crippen molar-refractivity contribution in [3.05, 3.63) is 24.2 Å². The average molecular weight is 195 g/mol. The Kier molecular flexibility index (Phi) is 2.61. The van der Waals surface area contributed by atoms with Crippen LogP contribution in [-0.2, 0) is 6.54 Å². The van der Waals surface area contributed by atoms with E-state index in [1.807, 2.05) is 13.0 Å². The zero-order valence-corrected chi connectivity index (χ0v) is 8.57. The van der Waals surface area contributed by atoms with Gasteiger partial charge in [0.1, 0.15) is 0 Å². The van der Waals surface area contributed by atoms with Crippen LogP contribution in [0.1, 0.15) is 25.3 Å². The highest BCUT2D eigenvalue weighted by atomic mass is 16.3. The van der Waals surface area contributed by atoms with Crippen molar-refractivity contribution in [1.82, 2.24) is 4.90 Å². The van der Waals surface area contributed by atoms with Gasteiger partial charge >= 0.3 is 0 Å². The molecule has 0 aromatic carbocycles. The number of hydrogen-bond acceptors (Lipinski definition) is 3. The molecule has 0 spiro atoms. The lowest BCUT2D eigenvalue weighted by Gasteiger charge is -2.36. The smallest absolute Gasteiger partial charge is 0.0947 e. The van der Waals surface area contributed by atoms with Crippen LogP contribution in [0.15, 0.2) is 23.0 Å². The Labute approximate surface area is 84.3 Å². The molecule has 14 heavy (non-hydrogen) atoms. The van der Waals surface area contributed by atoms with Crippen molar-refractivity contribution in [3.63, 3.8) is 0 Å². The molecule has 2 heterocycles. The molecular formula is C11H17NO2. The summed E-state index contributed by atoms with van der Waals surface area (Å²) in [5, 5.41) is 9.91. The van der Waals surface area contributed by atoms with Crippen molar-refractivity contribution in [1.29, 1.82) is 0 Å². The van der Waals surface area contributed by atoms with E-state index in [0.29, 0.717) is 0 Å². The lowest BCUT2D eigenvalue weighted by Crippen LogP contribution is -2.45. The molecule has 0 aliphatic carbocycles. The minimum Gasteiger partial charge on any atom is -0.472 e. The van der Waals surface area contributed by atoms with Crippen LogP contribution in [0.2, 0.25) is 0 Å². The molecule has 1 unspecified atom stereocenters. The summed E-state index contributed by atoms with van der Waals surface area (Å²) in [5.74, 6) is 0. The third-order valence-electron chi connectivity index (χ3n) is 2.74. The average Bonchev–Trinajstić information content (AvgIpc) is 2.54. The zero-order chi connectivity index (χ0) is 10.0. The van der Waals surface area contributed by atoms with Crippen LogP contribution >= 0.6 is 0 Å². The fraction of sp³-hybridized carbons (Fsp3) is 0.636. The maximum absolute atomic E-state index is 9.91. The molecule has 1 aromatic rings. The molecule has 1 aliphatic heterocycles. The van der Waals surface area contributed by atoms with Gasteiger partial charge in [0, 0.05) is 18.7 Å². The summed E-state index contributed by atoms with van der Waals surface area (Å²) >= 11 is 0. The van der Waals surface area contributed by atoms with Crippen molar-refractivity contribution in [3.8, 4) is 0 Å². The Bertz CT molecular complexity index is 279. The Morgan fingerprint density at radius 3 is 3.14 bits per heavy atom. The summed E-state index contributed by atoms with van der Waals surface area (Å²) in [6, 6.07) is 1.98. The van der Waals surface area contributed by atoms with Gasteiger partial charge in [-0.3, -0.25) is 4.90 Å². The number of likely N-dealkylation sites (tertiary alicyclic amines) is 1. The van der Waals surface area contributed by atoms with Crippen LogP contribution < -0.4 is 0 Å². The monoisotopic (exact) mass is 195 g/mol. The second-order valence-electron chi connectivity index (χ2n) is 4.44. The van der Waals surface area contributed by atoms with Gasteiger partial charge in [-0.2, -0.15) is 0 Å². The Balaban J connectivity index is 1.92. The van der Waals surface area contributed by atoms with Gasteiger partial charge in [-0.1, -0.05) is 0 Å². The molecule has 1 saturated heterocycles. The summed E-state index contributed by atoms with van der Waals surface area (Å²) in [6.45, 7) is 4.63. The molecule has 1 aliphatic rings. The quantitative estimate of drug-likeness (QED) is 0.779. The van der Waals surface area contributed by atoms with Crippen molar-refractivity contribution < 1.29 is 9.52 Å². The van der Waals surface area contributed by atoms with Gasteiger partial charge < -0.3 is 9.52 Å². The van der Waals surface area contributed by atoms with Crippen LogP contribution in [-0.4, -0.2) is 28.7 Å². The molecule has 2 rings (SSSR count). The first-order chi connectivity index (χ1) is 6.66. The first-order valence-corrected chi connectivity index (χ1v) is 5.12. The van der Waals surface area contributed by atoms with Crippen LogP contribution in [0.4, 0.5) is 0 Å². The van der Waals surface area contributed by atoms with E-state index in [0.717, 1.165) is 32.5 Å². The lowest BCUT2D eigenvalue weighted by molar-refractivity contribution is -0.0181. The van der Waals surface area contributed by atoms with Crippen LogP contribution in [0.5, 0.6) is 0 Å². The molecule has 3 heteroatoms. The highest BCUT2D eigenvalue weighted by Gasteiger charge is 2.28. The summed E-state index contributed by atoms with van der Waals surface area (Å²) in [5.41, 5.74) is 0.671. The van der Waals surface area contributed by atoms with Gasteiger partial charge in [-0.05, 0) is 32.4 Å². The molecule has 1 fully saturated rings. The molecule has 0 saturated carbocycles. The van der Waals surface area contributed by atoms with Crippen molar-refractivity contribution in [2.24, 2.45) is 0 Å². The SMILES string of the molecule is CC1(O)CCCN(Cc2ccoc2)C1. The van der Waals surface area contributed by atoms with Gasteiger partial charge in [0.15, 0.2) is 0 Å². The summed E-state index contributed by atoms with van der Waals surface area (Å²) in [7, 11) is 0. The van der Waals surface area contributed by atoms with E-state index in [1.54, 1.807) is 12.5 Å². The predicted molar refractivity (Wildman–Crippen MR) is 53.8 cm³/mol. The number of furan rings is 1. The number of rotatable bonds is 2. The van der Waals surface area contributed by atoms with E-state index in [9.17, 15) is 5.11 Å². The lowest BCUT2D eigenvalue weighted by atomic mass is 9.95. The normalized spacial score (nSPS) is 29.3. The number of aliphatic hydroxyl groups is 1. The van der Waals surface area contributed by atoms with Crippen LogP contribution in [0.25, 0.3) is 0 Å². The van der Waals surface area contributed by atoms with Gasteiger partial charge in [0.25, 0.3) is 0 Å². The Morgan fingerprint density at radius 2 is 2.50 bits per heavy atom. The highest BCUT2D eigenvalue weighted by molar-refractivity contribution is 5.05. The predicted octanol–water partition coefficient (Wildman–Crippen LogP) is 1.63. The summed E-state index contributed by atoms with van der Waals surface area (Å²) < 4.78 is 5.02. The zero-order valence-electron chi connectivity index (χ0n) is 8.57. The molecule has 0 bridgehead atoms. The van der Waals surface area contributed by atoms with Crippen LogP contribution in [0, 0.1) is 0 Å². The van der Waals surface area contributed by atoms with Gasteiger partial charge in [-0.15, -0.1) is 0 Å². The Hall–Kier alpha value is -0.800. The summed E-state index contributed by atoms with van der Waals surface area (Å²) in [6.07, 6.45) is 5.44. The molecular weight excluding hydrogens is 178 g/mol. The van der Waals surface area contributed by atoms with Crippen molar-refractivity contribution in [2.45, 2.75) is 31.9 Å². The topological polar surface area (TPSA) is 36.6 Å². The first kappa shape index (κ1) is 9.74. The number of nitrogens with zero attached hydrogens (tertiary/aromatic N) is 1. The van der Waals surface area contributed by atoms with Gasteiger partial charge in [-0.25, -0.2) is 0 Å². The maximum Gasteiger partial charge on any atom is 0.0947 e. The molecule has 78 valence electrons. The number of hydrogen-bond donors (Lipinski definition) is 1. The second kappa shape index (κ2) is 3.75. The van der Waals surface area contributed by atoms with Crippen LogP contribution in [0.3, 0.4) is 0 Å². The van der Waals surface area contributed by atoms with E-state index in [-0.39, 0.29) is 0 Å². The van der Waals surface area contributed by atoms with Gasteiger partial charge in [0.2, 0.25) is 0 Å². The molecule has 1 N–H and O–H groups in total. The molecule has 3 nitrogen and oxygen atoms in total. The second-order valence-corrected chi connectivity index (χ2v) is 4.44. The summed E-state index contributed by atoms with van der Waals surface area (Å²) in [4.78, 5) is 2.27. The van der Waals surface area contributed by atoms with E-state index < -0.39 is 5.60 Å². The third-order valence-corrected chi connectivity index (χ3v) is 2.74. The minimum absolute atomic E-state index is 0.512. The minimum atomic E-state index is -0.512. The number of β-amino-alcohol motifs (C(OH)–C–C–N with tert-alkyl or cyclic N) is 1. The fourth-order valence-corrected chi connectivity index (χ4v) is 2.10. The maximum atomic E-state index is 9.91. The fourth-order valence-electron chi connectivity index (χ4n) is 2.10. The van der Waals surface area contributed by atoms with E-state index in [2.05, 4.69) is 4.90 Å². The molecule has 0 radical (unpaired) electrons. The highest BCUT2D eigenvalue weighted by Crippen LogP contribution is 2.21. The third kappa shape index (κ3) is 2.36. The Morgan fingerprint density at radius 1 is 1.64 bits per heavy atom. The van der Waals surface area contributed by atoms with E-state index in [4.69, 9.17) is 4.42 Å². The first-order valence-electron chi connectivity index (χ1n) is 5.12. The van der Waals surface area contributed by atoms with Gasteiger partial charge in [0.05, 0.1) is 18.1 Å². The number of piperidine rings is 1. The molecule has 1 aromatic heterocycles.